The fourth-order valence-corrected chi connectivity index (χ4v) is 2.52. The van der Waals surface area contributed by atoms with Crippen molar-refractivity contribution in [2.75, 3.05) is 6.54 Å². The molecule has 0 aliphatic carbocycles. The molecule has 0 saturated carbocycles. The van der Waals surface area contributed by atoms with Gasteiger partial charge in [0, 0.05) is 12.1 Å². The van der Waals surface area contributed by atoms with Crippen LogP contribution in [0, 0.1) is 5.92 Å². The minimum absolute atomic E-state index is 0.0371. The van der Waals surface area contributed by atoms with E-state index in [1.807, 2.05) is 63.2 Å². The average Bonchev–Trinajstić information content (AvgIpc) is 2.61. The van der Waals surface area contributed by atoms with Gasteiger partial charge in [-0.1, -0.05) is 39.0 Å². The molecule has 0 aliphatic heterocycles. The second kappa shape index (κ2) is 9.18. The van der Waals surface area contributed by atoms with Gasteiger partial charge < -0.3 is 10.1 Å². The molecule has 0 unspecified atom stereocenters. The van der Waals surface area contributed by atoms with E-state index >= 15 is 0 Å². The molecule has 1 N–H and O–H groups in total. The Labute approximate surface area is 144 Å². The number of hydrogen-bond acceptors (Lipinski definition) is 4. The number of ether oxygens (including phenoxy) is 1. The summed E-state index contributed by atoms with van der Waals surface area (Å²) >= 11 is 0. The molecule has 24 heavy (non-hydrogen) atoms. The Hall–Kier alpha value is -2.20. The first-order valence-electron chi connectivity index (χ1n) is 8.49. The van der Waals surface area contributed by atoms with Crippen molar-refractivity contribution in [3.63, 3.8) is 0 Å². The van der Waals surface area contributed by atoms with Gasteiger partial charge in [-0.15, -0.1) is 0 Å². The van der Waals surface area contributed by atoms with Crippen LogP contribution in [0.25, 0.3) is 0 Å². The molecule has 1 aromatic carbocycles. The van der Waals surface area contributed by atoms with Crippen LogP contribution in [0.4, 0.5) is 0 Å². The lowest BCUT2D eigenvalue weighted by molar-refractivity contribution is -0.123. The summed E-state index contributed by atoms with van der Waals surface area (Å²) in [5, 5.41) is 3.28. The van der Waals surface area contributed by atoms with E-state index in [1.165, 1.54) is 0 Å². The molecule has 1 heterocycles. The highest BCUT2D eigenvalue weighted by Gasteiger charge is 2.20. The molecule has 2 rings (SSSR count). The van der Waals surface area contributed by atoms with Gasteiger partial charge in [0.15, 0.2) is 5.78 Å². The summed E-state index contributed by atoms with van der Waals surface area (Å²) in [6.07, 6.45) is 2.46. The molecule has 128 valence electrons. The highest BCUT2D eigenvalue weighted by molar-refractivity contribution is 5.86. The number of aromatic nitrogens is 1. The van der Waals surface area contributed by atoms with Gasteiger partial charge in [0.25, 0.3) is 0 Å². The molecular formula is C20H26N2O2. The van der Waals surface area contributed by atoms with Gasteiger partial charge in [0.2, 0.25) is 0 Å². The van der Waals surface area contributed by atoms with Crippen LogP contribution >= 0.6 is 0 Å². The maximum atomic E-state index is 12.3. The van der Waals surface area contributed by atoms with Crippen LogP contribution in [0.5, 0.6) is 5.75 Å². The standard InChI is InChI=1S/C20H26N2O2/c1-4-21-19(20(23)15(2)3)13-16-8-10-18(11-9-16)24-14-17-7-5-6-12-22-17/h5-12,15,19,21H,4,13-14H2,1-3H3/t19-/m0/s1. The number of carbonyl (C=O) groups is 1. The Morgan fingerprint density at radius 1 is 1.17 bits per heavy atom. The van der Waals surface area contributed by atoms with Crippen LogP contribution in [0.1, 0.15) is 32.0 Å². The van der Waals surface area contributed by atoms with Crippen molar-refractivity contribution in [1.82, 2.24) is 10.3 Å². The summed E-state index contributed by atoms with van der Waals surface area (Å²) in [4.78, 5) is 16.5. The van der Waals surface area contributed by atoms with Crippen molar-refractivity contribution in [2.24, 2.45) is 5.92 Å². The van der Waals surface area contributed by atoms with Crippen molar-refractivity contribution in [3.05, 3.63) is 59.9 Å². The van der Waals surface area contributed by atoms with E-state index < -0.39 is 0 Å². The molecule has 0 saturated heterocycles. The first-order chi connectivity index (χ1) is 11.6. The lowest BCUT2D eigenvalue weighted by Gasteiger charge is -2.19. The number of benzene rings is 1. The van der Waals surface area contributed by atoms with E-state index in [0.29, 0.717) is 13.0 Å². The molecule has 4 nitrogen and oxygen atoms in total. The van der Waals surface area contributed by atoms with Crippen LogP contribution < -0.4 is 10.1 Å². The number of Topliss-reactive ketones (excluding diaryl/α,β-unsaturated/α-hetero) is 1. The zero-order valence-corrected chi connectivity index (χ0v) is 14.7. The molecule has 0 fully saturated rings. The Morgan fingerprint density at radius 3 is 2.50 bits per heavy atom. The molecule has 0 radical (unpaired) electrons. The number of hydrogen-bond donors (Lipinski definition) is 1. The maximum absolute atomic E-state index is 12.3. The minimum atomic E-state index is -0.129. The normalized spacial score (nSPS) is 12.2. The van der Waals surface area contributed by atoms with E-state index in [9.17, 15) is 4.79 Å². The van der Waals surface area contributed by atoms with Gasteiger partial charge in [-0.3, -0.25) is 9.78 Å². The van der Waals surface area contributed by atoms with E-state index in [1.54, 1.807) is 6.20 Å². The van der Waals surface area contributed by atoms with Crippen molar-refractivity contribution in [2.45, 2.75) is 39.8 Å². The van der Waals surface area contributed by atoms with Crippen LogP contribution in [0.3, 0.4) is 0 Å². The van der Waals surface area contributed by atoms with Crippen LogP contribution in [-0.2, 0) is 17.8 Å². The summed E-state index contributed by atoms with van der Waals surface area (Å²) < 4.78 is 5.74. The largest absolute Gasteiger partial charge is 0.487 e. The van der Waals surface area contributed by atoms with Crippen LogP contribution in [0.2, 0.25) is 0 Å². The quantitative estimate of drug-likeness (QED) is 0.767. The van der Waals surface area contributed by atoms with Gasteiger partial charge in [-0.2, -0.15) is 0 Å². The Balaban J connectivity index is 1.94. The highest BCUT2D eigenvalue weighted by Crippen LogP contribution is 2.16. The Morgan fingerprint density at radius 2 is 1.92 bits per heavy atom. The zero-order valence-electron chi connectivity index (χ0n) is 14.7. The first-order valence-corrected chi connectivity index (χ1v) is 8.49. The van der Waals surface area contributed by atoms with E-state index in [4.69, 9.17) is 4.74 Å². The van der Waals surface area contributed by atoms with Gasteiger partial charge in [-0.05, 0) is 42.8 Å². The lowest BCUT2D eigenvalue weighted by Crippen LogP contribution is -2.40. The lowest BCUT2D eigenvalue weighted by atomic mass is 9.95. The SMILES string of the molecule is CCN[C@@H](Cc1ccc(OCc2ccccn2)cc1)C(=O)C(C)C. The molecule has 1 atom stereocenters. The predicted octanol–water partition coefficient (Wildman–Crippen LogP) is 3.41. The fourth-order valence-electron chi connectivity index (χ4n) is 2.52. The molecule has 2 aromatic rings. The molecular weight excluding hydrogens is 300 g/mol. The summed E-state index contributed by atoms with van der Waals surface area (Å²) in [5.74, 6) is 1.10. The average molecular weight is 326 g/mol. The third-order valence-corrected chi connectivity index (χ3v) is 3.84. The van der Waals surface area contributed by atoms with Gasteiger partial charge in [0.05, 0.1) is 11.7 Å². The molecule has 0 amide bonds. The van der Waals surface area contributed by atoms with Crippen molar-refractivity contribution >= 4 is 5.78 Å². The van der Waals surface area contributed by atoms with Crippen molar-refractivity contribution in [3.8, 4) is 5.75 Å². The van der Waals surface area contributed by atoms with Crippen LogP contribution in [-0.4, -0.2) is 23.4 Å². The second-order valence-corrected chi connectivity index (χ2v) is 6.13. The number of nitrogens with one attached hydrogen (secondary N) is 1. The number of pyridine rings is 1. The molecule has 1 aromatic heterocycles. The van der Waals surface area contributed by atoms with Gasteiger partial charge in [-0.25, -0.2) is 0 Å². The number of carbonyl (C=O) groups excluding carboxylic acids is 1. The predicted molar refractivity (Wildman–Crippen MR) is 96.0 cm³/mol. The van der Waals surface area contributed by atoms with E-state index in [2.05, 4.69) is 10.3 Å². The van der Waals surface area contributed by atoms with Crippen molar-refractivity contribution < 1.29 is 9.53 Å². The molecule has 4 heteroatoms. The number of likely N-dealkylation sites (N-methyl/N-ethyl adjacent to an activating group) is 1. The summed E-state index contributed by atoms with van der Waals surface area (Å²) in [7, 11) is 0. The van der Waals surface area contributed by atoms with E-state index in [0.717, 1.165) is 23.6 Å². The topological polar surface area (TPSA) is 51.2 Å². The Bertz CT molecular complexity index is 624. The van der Waals surface area contributed by atoms with Gasteiger partial charge >= 0.3 is 0 Å². The number of ketones is 1. The van der Waals surface area contributed by atoms with Crippen LogP contribution in [0.15, 0.2) is 48.7 Å². The second-order valence-electron chi connectivity index (χ2n) is 6.13. The Kier molecular flexibility index (Phi) is 6.94. The summed E-state index contributed by atoms with van der Waals surface area (Å²) in [6, 6.07) is 13.6. The fraction of sp³-hybridized carbons (Fsp3) is 0.400. The maximum Gasteiger partial charge on any atom is 0.152 e. The zero-order chi connectivity index (χ0) is 17.4. The number of nitrogens with zero attached hydrogens (tertiary/aromatic N) is 1. The summed E-state index contributed by atoms with van der Waals surface area (Å²) in [6.45, 7) is 7.15. The smallest absolute Gasteiger partial charge is 0.152 e. The number of rotatable bonds is 9. The summed E-state index contributed by atoms with van der Waals surface area (Å²) in [5.41, 5.74) is 2.02. The molecule has 0 aliphatic rings. The third-order valence-electron chi connectivity index (χ3n) is 3.84. The molecule has 0 bridgehead atoms. The highest BCUT2D eigenvalue weighted by atomic mass is 16.5. The van der Waals surface area contributed by atoms with E-state index in [-0.39, 0.29) is 17.7 Å². The third kappa shape index (κ3) is 5.46. The first kappa shape index (κ1) is 18.1. The van der Waals surface area contributed by atoms with Gasteiger partial charge in [0.1, 0.15) is 12.4 Å². The molecule has 0 spiro atoms. The minimum Gasteiger partial charge on any atom is -0.487 e. The monoisotopic (exact) mass is 326 g/mol. The van der Waals surface area contributed by atoms with Crippen molar-refractivity contribution in [1.29, 1.82) is 0 Å².